The Labute approximate surface area is 200 Å². The summed E-state index contributed by atoms with van der Waals surface area (Å²) < 4.78 is 38.6. The average molecular weight is 505 g/mol. The van der Waals surface area contributed by atoms with Gasteiger partial charge in [0, 0.05) is 25.1 Å². The molecule has 3 heterocycles. The number of amides is 1. The molecular weight excluding hydrogens is 480 g/mol. The van der Waals surface area contributed by atoms with E-state index in [1.807, 2.05) is 31.4 Å². The van der Waals surface area contributed by atoms with Crippen LogP contribution >= 0.6 is 11.3 Å². The van der Waals surface area contributed by atoms with Gasteiger partial charge in [0.05, 0.1) is 23.0 Å². The molecule has 0 bridgehead atoms. The highest BCUT2D eigenvalue weighted by molar-refractivity contribution is 7.91. The van der Waals surface area contributed by atoms with E-state index in [4.69, 9.17) is 9.15 Å². The number of thiazole rings is 1. The van der Waals surface area contributed by atoms with E-state index >= 15 is 0 Å². The summed E-state index contributed by atoms with van der Waals surface area (Å²) in [6.07, 6.45) is 4.09. The maximum Gasteiger partial charge on any atom is 0.408 e. The lowest BCUT2D eigenvalue weighted by molar-refractivity contribution is 0.0518. The fourth-order valence-electron chi connectivity index (χ4n) is 3.18. The topological polar surface area (TPSA) is 142 Å². The highest BCUT2D eigenvalue weighted by atomic mass is 32.2. The van der Waals surface area contributed by atoms with Crippen LogP contribution in [0, 0.1) is 0 Å². The van der Waals surface area contributed by atoms with Crippen molar-refractivity contribution in [2.75, 3.05) is 6.26 Å². The molecular formula is C21H24N6O5S2. The highest BCUT2D eigenvalue weighted by Gasteiger charge is 2.34. The van der Waals surface area contributed by atoms with Crippen LogP contribution in [-0.2, 0) is 28.2 Å². The summed E-state index contributed by atoms with van der Waals surface area (Å²) in [6, 6.07) is 5.68. The molecule has 0 radical (unpaired) electrons. The van der Waals surface area contributed by atoms with Crippen molar-refractivity contribution in [3.8, 4) is 11.1 Å². The summed E-state index contributed by atoms with van der Waals surface area (Å²) in [5.74, 6) is -0.0653. The fraction of sp³-hybridized carbons (Fsp3) is 0.381. The van der Waals surface area contributed by atoms with E-state index in [0.29, 0.717) is 10.5 Å². The maximum atomic E-state index is 12.7. The molecule has 4 rings (SSSR count). The zero-order chi connectivity index (χ0) is 24.7. The molecule has 1 amide bonds. The van der Waals surface area contributed by atoms with E-state index in [1.165, 1.54) is 11.3 Å². The van der Waals surface area contributed by atoms with Crippen LogP contribution in [0.25, 0.3) is 21.3 Å². The number of carbonyl (C=O) groups is 1. The van der Waals surface area contributed by atoms with Gasteiger partial charge in [-0.25, -0.2) is 18.2 Å². The molecule has 180 valence electrons. The second-order valence-corrected chi connectivity index (χ2v) is 11.9. The van der Waals surface area contributed by atoms with E-state index in [0.717, 1.165) is 22.1 Å². The second kappa shape index (κ2) is 8.80. The maximum absolute atomic E-state index is 12.7. The number of fused-ring (bicyclic) bond motifs is 1. The molecule has 0 fully saturated rings. The van der Waals surface area contributed by atoms with E-state index in [2.05, 4.69) is 25.6 Å². The second-order valence-electron chi connectivity index (χ2n) is 8.74. The SMILES string of the molecule is Cn1cc(-c2ccc3nc(C(c4nnc(CNC(=O)OC(C)(C)C)o4)S(C)(=O)=O)sc3c2)cn1. The van der Waals surface area contributed by atoms with Gasteiger partial charge in [-0.05, 0) is 38.5 Å². The summed E-state index contributed by atoms with van der Waals surface area (Å²) in [4.78, 5) is 16.4. The number of benzene rings is 1. The number of aromatic nitrogens is 5. The van der Waals surface area contributed by atoms with Crippen LogP contribution in [0.5, 0.6) is 0 Å². The van der Waals surface area contributed by atoms with Gasteiger partial charge in [0.15, 0.2) is 15.1 Å². The van der Waals surface area contributed by atoms with Gasteiger partial charge in [-0.15, -0.1) is 21.5 Å². The molecule has 1 aromatic carbocycles. The Morgan fingerprint density at radius 3 is 2.68 bits per heavy atom. The molecule has 34 heavy (non-hydrogen) atoms. The van der Waals surface area contributed by atoms with Gasteiger partial charge in [-0.3, -0.25) is 4.68 Å². The fourth-order valence-corrected chi connectivity index (χ4v) is 5.71. The third kappa shape index (κ3) is 5.42. The van der Waals surface area contributed by atoms with Crippen LogP contribution in [0.3, 0.4) is 0 Å². The van der Waals surface area contributed by atoms with Crippen molar-refractivity contribution >= 4 is 37.5 Å². The zero-order valence-corrected chi connectivity index (χ0v) is 20.9. The van der Waals surface area contributed by atoms with Gasteiger partial charge in [-0.2, -0.15) is 5.10 Å². The Bertz CT molecular complexity index is 1450. The largest absolute Gasteiger partial charge is 0.444 e. The van der Waals surface area contributed by atoms with Crippen molar-refractivity contribution in [2.45, 2.75) is 38.2 Å². The zero-order valence-electron chi connectivity index (χ0n) is 19.3. The van der Waals surface area contributed by atoms with Crippen molar-refractivity contribution in [1.82, 2.24) is 30.3 Å². The summed E-state index contributed by atoms with van der Waals surface area (Å²) in [7, 11) is -1.85. The average Bonchev–Trinajstić information content (AvgIpc) is 3.43. The van der Waals surface area contributed by atoms with Crippen LogP contribution in [0.2, 0.25) is 0 Å². The molecule has 1 unspecified atom stereocenters. The molecule has 11 nitrogen and oxygen atoms in total. The first-order chi connectivity index (χ1) is 15.9. The van der Waals surface area contributed by atoms with Crippen LogP contribution in [0.15, 0.2) is 35.0 Å². The Balaban J connectivity index is 1.60. The normalized spacial score (nSPS) is 13.2. The Morgan fingerprint density at radius 2 is 2.03 bits per heavy atom. The molecule has 0 aliphatic rings. The molecule has 0 aliphatic carbocycles. The first-order valence-electron chi connectivity index (χ1n) is 10.3. The number of hydrogen-bond donors (Lipinski definition) is 1. The third-order valence-corrected chi connectivity index (χ3v) is 7.10. The number of aryl methyl sites for hydroxylation is 1. The molecule has 1 N–H and O–H groups in total. The highest BCUT2D eigenvalue weighted by Crippen LogP contribution is 2.36. The number of nitrogens with one attached hydrogen (secondary N) is 1. The Kier molecular flexibility index (Phi) is 6.16. The van der Waals surface area contributed by atoms with Crippen LogP contribution in [0.4, 0.5) is 4.79 Å². The van der Waals surface area contributed by atoms with Gasteiger partial charge < -0.3 is 14.5 Å². The number of sulfone groups is 1. The molecule has 4 aromatic rings. The molecule has 0 saturated carbocycles. The summed E-state index contributed by atoms with van der Waals surface area (Å²) in [5.41, 5.74) is 1.89. The van der Waals surface area contributed by atoms with Crippen LogP contribution < -0.4 is 5.32 Å². The van der Waals surface area contributed by atoms with Gasteiger partial charge in [0.25, 0.3) is 0 Å². The number of hydrogen-bond acceptors (Lipinski definition) is 10. The van der Waals surface area contributed by atoms with E-state index < -0.39 is 26.8 Å². The Morgan fingerprint density at radius 1 is 1.26 bits per heavy atom. The van der Waals surface area contributed by atoms with Crippen molar-refractivity contribution in [2.24, 2.45) is 7.05 Å². The molecule has 0 spiro atoms. The number of carbonyl (C=O) groups excluding carboxylic acids is 1. The lowest BCUT2D eigenvalue weighted by atomic mass is 10.1. The molecule has 1 atom stereocenters. The van der Waals surface area contributed by atoms with E-state index in [1.54, 1.807) is 31.6 Å². The van der Waals surface area contributed by atoms with Crippen molar-refractivity contribution in [3.63, 3.8) is 0 Å². The standard InChI is InChI=1S/C21H24N6O5S2/c1-21(2,3)32-20(28)22-10-16-25-26-18(31-16)17(34(5,29)30)19-24-14-7-6-12(8-15(14)33-19)13-9-23-27(4)11-13/h6-9,11,17H,10H2,1-5H3,(H,22,28). The predicted octanol–water partition coefficient (Wildman–Crippen LogP) is 3.24. The van der Waals surface area contributed by atoms with Gasteiger partial charge in [0.1, 0.15) is 10.6 Å². The molecule has 0 aliphatic heterocycles. The minimum absolute atomic E-state index is 0.0504. The smallest absolute Gasteiger partial charge is 0.408 e. The van der Waals surface area contributed by atoms with Crippen molar-refractivity contribution in [3.05, 3.63) is 47.4 Å². The van der Waals surface area contributed by atoms with E-state index in [-0.39, 0.29) is 18.3 Å². The molecule has 13 heteroatoms. The minimum atomic E-state index is -3.69. The van der Waals surface area contributed by atoms with Crippen LogP contribution in [0.1, 0.15) is 42.8 Å². The van der Waals surface area contributed by atoms with Gasteiger partial charge >= 0.3 is 6.09 Å². The molecule has 3 aromatic heterocycles. The number of rotatable bonds is 6. The number of alkyl carbamates (subject to hydrolysis) is 1. The summed E-state index contributed by atoms with van der Waals surface area (Å²) in [6.45, 7) is 5.12. The molecule has 0 saturated heterocycles. The minimum Gasteiger partial charge on any atom is -0.444 e. The lowest BCUT2D eigenvalue weighted by Crippen LogP contribution is -2.32. The first-order valence-corrected chi connectivity index (χ1v) is 13.0. The quantitative estimate of drug-likeness (QED) is 0.419. The number of nitrogens with zero attached hydrogens (tertiary/aromatic N) is 5. The van der Waals surface area contributed by atoms with Crippen LogP contribution in [-0.4, -0.2) is 51.3 Å². The Hall–Kier alpha value is -3.32. The predicted molar refractivity (Wildman–Crippen MR) is 126 cm³/mol. The van der Waals surface area contributed by atoms with E-state index in [9.17, 15) is 13.2 Å². The summed E-state index contributed by atoms with van der Waals surface area (Å²) in [5, 5.41) is 13.6. The van der Waals surface area contributed by atoms with Gasteiger partial charge in [-0.1, -0.05) is 6.07 Å². The summed E-state index contributed by atoms with van der Waals surface area (Å²) >= 11 is 1.24. The first kappa shape index (κ1) is 23.8. The third-order valence-electron chi connectivity index (χ3n) is 4.59. The van der Waals surface area contributed by atoms with Crippen molar-refractivity contribution in [1.29, 1.82) is 0 Å². The monoisotopic (exact) mass is 504 g/mol. The van der Waals surface area contributed by atoms with Gasteiger partial charge in [0.2, 0.25) is 11.8 Å². The van der Waals surface area contributed by atoms with Crippen molar-refractivity contribution < 1.29 is 22.4 Å². The lowest BCUT2D eigenvalue weighted by Gasteiger charge is -2.19. The number of ether oxygens (including phenoxy) is 1.